The first-order chi connectivity index (χ1) is 11.1. The van der Waals surface area contributed by atoms with Gasteiger partial charge in [0.1, 0.15) is 0 Å². The number of allylic oxidation sites excluding steroid dienone is 2. The number of hydrogen-bond acceptors (Lipinski definition) is 0. The lowest BCUT2D eigenvalue weighted by Crippen LogP contribution is -2.39. The zero-order valence-electron chi connectivity index (χ0n) is 14.4. The van der Waals surface area contributed by atoms with Crippen molar-refractivity contribution in [1.82, 2.24) is 0 Å². The largest absolute Gasteiger partial charge is 0.0659 e. The van der Waals surface area contributed by atoms with E-state index in [-0.39, 0.29) is 0 Å². The molecule has 10 rings (SSSR count). The van der Waals surface area contributed by atoms with Gasteiger partial charge in [-0.15, -0.1) is 0 Å². The summed E-state index contributed by atoms with van der Waals surface area (Å²) in [5.41, 5.74) is 6.56. The van der Waals surface area contributed by atoms with Gasteiger partial charge in [-0.3, -0.25) is 0 Å². The lowest BCUT2D eigenvalue weighted by Gasteiger charge is -2.44. The van der Waals surface area contributed by atoms with Gasteiger partial charge in [-0.05, 0) is 106 Å². The molecule has 9 saturated carbocycles. The highest BCUT2D eigenvalue weighted by Gasteiger charge is 2.97. The molecule has 0 N–H and O–H groups in total. The quantitative estimate of drug-likeness (QED) is 0.588. The van der Waals surface area contributed by atoms with E-state index in [1.54, 1.807) is 12.8 Å². The Labute approximate surface area is 138 Å². The summed E-state index contributed by atoms with van der Waals surface area (Å²) in [5, 5.41) is 0. The molecule has 0 bridgehead atoms. The van der Waals surface area contributed by atoms with Crippen molar-refractivity contribution in [3.8, 4) is 0 Å². The molecule has 0 unspecified atom stereocenters. The Bertz CT molecular complexity index is 850. The Hall–Kier alpha value is -0.260. The molecule has 9 fully saturated rings. The normalized spacial score (nSPS) is 91.7. The number of rotatable bonds is 0. The highest BCUT2D eigenvalue weighted by Crippen LogP contribution is 3.01. The minimum absolute atomic E-state index is 0.725. The Balaban J connectivity index is 1.54. The fourth-order valence-electron chi connectivity index (χ4n) is 15.2. The average molecular weight is 302 g/mol. The second-order valence-electron chi connectivity index (χ2n) is 12.7. The summed E-state index contributed by atoms with van der Waals surface area (Å²) >= 11 is 0. The van der Waals surface area contributed by atoms with Crippen LogP contribution < -0.4 is 0 Å². The molecule has 10 aliphatic carbocycles. The second kappa shape index (κ2) is 2.23. The van der Waals surface area contributed by atoms with Crippen LogP contribution in [-0.4, -0.2) is 0 Å². The van der Waals surface area contributed by atoms with Crippen LogP contribution in [0.3, 0.4) is 0 Å². The smallest absolute Gasteiger partial charge is 0.00398 e. The molecule has 0 radical (unpaired) electrons. The van der Waals surface area contributed by atoms with Gasteiger partial charge in [0.25, 0.3) is 0 Å². The lowest BCUT2D eigenvalue weighted by atomic mass is 9.60. The maximum absolute atomic E-state index is 2.87. The van der Waals surface area contributed by atoms with Gasteiger partial charge in [-0.25, -0.2) is 0 Å². The molecule has 0 spiro atoms. The van der Waals surface area contributed by atoms with E-state index in [1.165, 1.54) is 47.3 Å². The summed E-state index contributed by atoms with van der Waals surface area (Å²) < 4.78 is 0. The predicted molar refractivity (Wildman–Crippen MR) is 86.0 cm³/mol. The molecule has 0 aliphatic heterocycles. The van der Waals surface area contributed by atoms with Crippen molar-refractivity contribution < 1.29 is 0 Å². The van der Waals surface area contributed by atoms with E-state index in [0.29, 0.717) is 0 Å². The van der Waals surface area contributed by atoms with Crippen LogP contribution in [0.2, 0.25) is 0 Å². The van der Waals surface area contributed by atoms with Crippen LogP contribution in [0.5, 0.6) is 0 Å². The SMILES string of the molecule is C[C@@]12CC3=C4[C@H]5C[C@@H]6[C@H]7[C@@H]5[C@H]5[C@H]8[C@H]9[C@@H]([C@H]3[C@@H]1[C@H]9[C@@](C)([C@H]87)[C@@H]62)[C@]45C. The molecular formula is C23H26. The van der Waals surface area contributed by atoms with Crippen molar-refractivity contribution in [2.75, 3.05) is 0 Å². The van der Waals surface area contributed by atoms with Crippen LogP contribution >= 0.6 is 0 Å². The Kier molecular flexibility index (Phi) is 1.03. The van der Waals surface area contributed by atoms with Crippen LogP contribution in [0.15, 0.2) is 11.1 Å². The third-order valence-corrected chi connectivity index (χ3v) is 13.7. The summed E-state index contributed by atoms with van der Waals surface area (Å²) in [6.45, 7) is 8.50. The maximum Gasteiger partial charge on any atom is -0.00398 e. The van der Waals surface area contributed by atoms with Crippen molar-refractivity contribution in [3.63, 3.8) is 0 Å². The van der Waals surface area contributed by atoms with Gasteiger partial charge in [0.15, 0.2) is 0 Å². The van der Waals surface area contributed by atoms with E-state index in [2.05, 4.69) is 31.9 Å². The third-order valence-electron chi connectivity index (χ3n) is 13.7. The minimum Gasteiger partial charge on any atom is -0.0659 e. The first kappa shape index (κ1) is 10.7. The fraction of sp³-hybridized carbons (Fsp3) is 0.913. The first-order valence-corrected chi connectivity index (χ1v) is 10.8. The molecule has 0 aromatic heterocycles. The number of fused-ring (bicyclic) bond motifs is 3. The van der Waals surface area contributed by atoms with Crippen LogP contribution in [-0.2, 0) is 0 Å². The molecule has 0 nitrogen and oxygen atoms in total. The van der Waals surface area contributed by atoms with Gasteiger partial charge in [0, 0.05) is 0 Å². The summed E-state index contributed by atoms with van der Waals surface area (Å²) in [7, 11) is 0. The van der Waals surface area contributed by atoms with E-state index in [1.807, 2.05) is 0 Å². The first-order valence-electron chi connectivity index (χ1n) is 10.8. The second-order valence-corrected chi connectivity index (χ2v) is 12.7. The van der Waals surface area contributed by atoms with Crippen molar-refractivity contribution in [2.24, 2.45) is 93.2 Å². The molecule has 0 saturated heterocycles. The molecule has 16 atom stereocenters. The van der Waals surface area contributed by atoms with Gasteiger partial charge >= 0.3 is 0 Å². The highest BCUT2D eigenvalue weighted by atomic mass is 15.0. The lowest BCUT2D eigenvalue weighted by molar-refractivity contribution is 0.0529. The van der Waals surface area contributed by atoms with E-state index >= 15 is 0 Å². The van der Waals surface area contributed by atoms with Gasteiger partial charge in [-0.2, -0.15) is 0 Å². The van der Waals surface area contributed by atoms with Crippen molar-refractivity contribution in [3.05, 3.63) is 11.1 Å². The van der Waals surface area contributed by atoms with Crippen LogP contribution in [0.25, 0.3) is 0 Å². The predicted octanol–water partition coefficient (Wildman–Crippen LogP) is 4.23. The van der Waals surface area contributed by atoms with Crippen LogP contribution in [0, 0.1) is 93.2 Å². The van der Waals surface area contributed by atoms with Crippen LogP contribution in [0.4, 0.5) is 0 Å². The standard InChI is InChI=1S/C23H26/c1-21-5-8-11-17-13-12-15-9-6(14(8)22(15,17)2)4-7-10(9)16(12)23(3,20(7)21)19(13)18(11)21/h6-7,9-13,15-20H,4-5H2,1-3H3/t6-,7+,9+,10-,11-,12+,13-,15-,16-,17+,18+,19-,20-,21+,22+,23+/m0/s1. The molecule has 10 aliphatic rings. The summed E-state index contributed by atoms with van der Waals surface area (Å²) in [5.74, 6) is 15.1. The maximum atomic E-state index is 2.87. The zero-order chi connectivity index (χ0) is 14.6. The molecule has 118 valence electrons. The van der Waals surface area contributed by atoms with E-state index < -0.39 is 0 Å². The molecule has 0 aromatic rings. The van der Waals surface area contributed by atoms with Gasteiger partial charge in [0.05, 0.1) is 0 Å². The molecule has 0 heterocycles. The van der Waals surface area contributed by atoms with Gasteiger partial charge in [-0.1, -0.05) is 31.9 Å². The summed E-state index contributed by atoms with van der Waals surface area (Å²) in [6.07, 6.45) is 3.23. The van der Waals surface area contributed by atoms with Crippen molar-refractivity contribution >= 4 is 0 Å². The molecule has 0 aromatic carbocycles. The Morgan fingerprint density at radius 1 is 0.826 bits per heavy atom. The van der Waals surface area contributed by atoms with Crippen molar-refractivity contribution in [1.29, 1.82) is 0 Å². The Morgan fingerprint density at radius 3 is 2.52 bits per heavy atom. The summed E-state index contributed by atoms with van der Waals surface area (Å²) in [4.78, 5) is 0. The molecule has 0 amide bonds. The number of hydrogen-bond donors (Lipinski definition) is 0. The van der Waals surface area contributed by atoms with E-state index in [0.717, 1.165) is 45.8 Å². The summed E-state index contributed by atoms with van der Waals surface area (Å²) in [6, 6.07) is 0. The van der Waals surface area contributed by atoms with E-state index in [9.17, 15) is 0 Å². The van der Waals surface area contributed by atoms with Gasteiger partial charge in [0.2, 0.25) is 0 Å². The fourth-order valence-corrected chi connectivity index (χ4v) is 15.2. The monoisotopic (exact) mass is 302 g/mol. The van der Waals surface area contributed by atoms with Crippen LogP contribution in [0.1, 0.15) is 33.6 Å². The Morgan fingerprint density at radius 2 is 1.65 bits per heavy atom. The average Bonchev–Trinajstić information content (AvgIpc) is 3.21. The third kappa shape index (κ3) is 0.544. The topological polar surface area (TPSA) is 0 Å². The highest BCUT2D eigenvalue weighted by molar-refractivity contribution is 5.57. The van der Waals surface area contributed by atoms with E-state index in [4.69, 9.17) is 0 Å². The van der Waals surface area contributed by atoms with Crippen molar-refractivity contribution in [2.45, 2.75) is 33.6 Å². The minimum atomic E-state index is 0.725. The zero-order valence-corrected chi connectivity index (χ0v) is 14.4. The molecular weight excluding hydrogens is 276 g/mol. The van der Waals surface area contributed by atoms with Gasteiger partial charge < -0.3 is 0 Å². The molecule has 0 heteroatoms. The molecule has 23 heavy (non-hydrogen) atoms.